The third-order valence-electron chi connectivity index (χ3n) is 14.0. The zero-order chi connectivity index (χ0) is 42.2. The Morgan fingerprint density at radius 3 is 1.84 bits per heavy atom. The van der Waals surface area contributed by atoms with E-state index in [2.05, 4.69) is 195 Å². The maximum atomic E-state index is 5.57. The highest BCUT2D eigenvalue weighted by Crippen LogP contribution is 2.51. The molecule has 13 rings (SSSR count). The van der Waals surface area contributed by atoms with E-state index in [9.17, 15) is 0 Å². The molecular formula is C57H43N5S. The lowest BCUT2D eigenvalue weighted by molar-refractivity contribution is 0.332. The first kappa shape index (κ1) is 36.5. The highest BCUT2D eigenvalue weighted by Gasteiger charge is 2.38. The van der Waals surface area contributed by atoms with Crippen molar-refractivity contribution in [1.82, 2.24) is 24.1 Å². The Balaban J connectivity index is 1.22. The summed E-state index contributed by atoms with van der Waals surface area (Å²) in [5, 5.41) is 9.79. The summed E-state index contributed by atoms with van der Waals surface area (Å²) >= 11 is 1.81. The first-order chi connectivity index (χ1) is 30.7. The minimum atomic E-state index is -0.00963. The van der Waals surface area contributed by atoms with Crippen molar-refractivity contribution in [3.8, 4) is 34.4 Å². The summed E-state index contributed by atoms with van der Waals surface area (Å²) in [6, 6.07) is 59.5. The van der Waals surface area contributed by atoms with Crippen molar-refractivity contribution in [2.45, 2.75) is 51.4 Å². The summed E-state index contributed by atoms with van der Waals surface area (Å²) in [6.45, 7) is 9.68. The molecule has 1 aliphatic rings. The molecule has 0 spiro atoms. The molecule has 12 aromatic rings. The van der Waals surface area contributed by atoms with Gasteiger partial charge in [-0.1, -0.05) is 137 Å². The molecule has 302 valence electrons. The fourth-order valence-electron chi connectivity index (χ4n) is 10.8. The van der Waals surface area contributed by atoms with Crippen LogP contribution in [-0.2, 0) is 10.8 Å². The first-order valence-electron chi connectivity index (χ1n) is 22.0. The summed E-state index contributed by atoms with van der Waals surface area (Å²) in [7, 11) is 0. The lowest BCUT2D eigenvalue weighted by Gasteiger charge is -2.42. The minimum absolute atomic E-state index is 0.00883. The van der Waals surface area contributed by atoms with Crippen LogP contribution in [0.5, 0.6) is 0 Å². The number of benzene rings is 8. The lowest BCUT2D eigenvalue weighted by atomic mass is 9.63. The minimum Gasteiger partial charge on any atom is -0.309 e. The van der Waals surface area contributed by atoms with Gasteiger partial charge in [-0.25, -0.2) is 4.98 Å². The average molecular weight is 830 g/mol. The van der Waals surface area contributed by atoms with Crippen LogP contribution in [0.15, 0.2) is 164 Å². The van der Waals surface area contributed by atoms with Gasteiger partial charge in [-0.15, -0.1) is 11.3 Å². The number of hydrogen-bond donors (Lipinski definition) is 0. The van der Waals surface area contributed by atoms with Crippen molar-refractivity contribution < 1.29 is 0 Å². The van der Waals surface area contributed by atoms with E-state index < -0.39 is 0 Å². The number of hydrogen-bond acceptors (Lipinski definition) is 4. The number of para-hydroxylation sites is 1. The van der Waals surface area contributed by atoms with E-state index in [0.29, 0.717) is 17.6 Å². The third kappa shape index (κ3) is 5.31. The molecule has 63 heavy (non-hydrogen) atoms. The predicted molar refractivity (Wildman–Crippen MR) is 265 cm³/mol. The van der Waals surface area contributed by atoms with Crippen LogP contribution in [-0.4, -0.2) is 24.1 Å². The summed E-state index contributed by atoms with van der Waals surface area (Å²) < 4.78 is 7.27. The Morgan fingerprint density at radius 1 is 0.444 bits per heavy atom. The van der Waals surface area contributed by atoms with E-state index in [0.717, 1.165) is 40.7 Å². The molecular weight excluding hydrogens is 787 g/mol. The van der Waals surface area contributed by atoms with Crippen LogP contribution in [0, 0.1) is 0 Å². The Kier molecular flexibility index (Phi) is 7.64. The van der Waals surface area contributed by atoms with E-state index in [-0.39, 0.29) is 10.8 Å². The average Bonchev–Trinajstić information content (AvgIpc) is 3.98. The summed E-state index contributed by atoms with van der Waals surface area (Å²) in [6.07, 6.45) is 2.25. The van der Waals surface area contributed by atoms with Crippen molar-refractivity contribution in [3.63, 3.8) is 0 Å². The Morgan fingerprint density at radius 2 is 1.05 bits per heavy atom. The molecule has 0 radical (unpaired) electrons. The van der Waals surface area contributed by atoms with Crippen LogP contribution in [0.3, 0.4) is 0 Å². The SMILES string of the molecule is CC1(C)CCC(C)(C)c2cc3c(cc21)c1c2c4c5ccccc5ccc4n(-c4ccccc4)c2ccc1n3-c1nc(-c2ccccc2)nc(-c2cccc3sc4ccccc4c23)n1. The maximum Gasteiger partial charge on any atom is 0.238 e. The monoisotopic (exact) mass is 829 g/mol. The molecule has 4 heterocycles. The molecule has 0 N–H and O–H groups in total. The van der Waals surface area contributed by atoms with Gasteiger partial charge in [0.25, 0.3) is 0 Å². The normalized spacial score (nSPS) is 14.8. The molecule has 4 aromatic heterocycles. The molecule has 0 saturated heterocycles. The van der Waals surface area contributed by atoms with Gasteiger partial charge in [0.1, 0.15) is 0 Å². The molecule has 0 aliphatic heterocycles. The van der Waals surface area contributed by atoms with Crippen molar-refractivity contribution in [3.05, 3.63) is 175 Å². The number of fused-ring (bicyclic) bond motifs is 13. The second-order valence-electron chi connectivity index (χ2n) is 18.6. The highest BCUT2D eigenvalue weighted by atomic mass is 32.1. The second kappa shape index (κ2) is 13.2. The summed E-state index contributed by atoms with van der Waals surface area (Å²) in [5.41, 5.74) is 10.5. The van der Waals surface area contributed by atoms with Gasteiger partial charge in [0, 0.05) is 58.5 Å². The number of nitrogens with zero attached hydrogens (tertiary/aromatic N) is 5. The van der Waals surface area contributed by atoms with Crippen molar-refractivity contribution in [2.75, 3.05) is 0 Å². The molecule has 0 unspecified atom stereocenters. The van der Waals surface area contributed by atoms with Gasteiger partial charge in [0.15, 0.2) is 11.6 Å². The van der Waals surface area contributed by atoms with Crippen molar-refractivity contribution >= 4 is 85.9 Å². The fraction of sp³-hybridized carbons (Fsp3) is 0.140. The molecule has 5 nitrogen and oxygen atoms in total. The van der Waals surface area contributed by atoms with E-state index in [1.165, 1.54) is 74.6 Å². The zero-order valence-electron chi connectivity index (χ0n) is 35.6. The van der Waals surface area contributed by atoms with Crippen LogP contribution >= 0.6 is 11.3 Å². The summed E-state index contributed by atoms with van der Waals surface area (Å²) in [5.74, 6) is 1.92. The number of thiophene rings is 1. The number of aromatic nitrogens is 5. The molecule has 0 saturated carbocycles. The standard InChI is InChI=1S/C57H43N5S/c1-56(2)30-31-57(3,4)42-33-46-40(32-41(42)56)51-44(28-29-45-52(51)50-37-21-12-11-16-34(37)26-27-43(50)61(45)36-19-9-6-10-20-36)62(46)55-59-53(35-17-7-5-8-18-35)58-54(60-55)39-23-15-25-48-49(39)38-22-13-14-24-47(38)63-48/h5-29,32-33H,30-31H2,1-4H3. The predicted octanol–water partition coefficient (Wildman–Crippen LogP) is 15.3. The molecule has 0 fully saturated rings. The van der Waals surface area contributed by atoms with Gasteiger partial charge in [-0.05, 0) is 100 Å². The second-order valence-corrected chi connectivity index (χ2v) is 19.7. The fourth-order valence-corrected chi connectivity index (χ4v) is 11.9. The lowest BCUT2D eigenvalue weighted by Crippen LogP contribution is -2.33. The molecule has 1 aliphatic carbocycles. The van der Waals surface area contributed by atoms with Crippen LogP contribution in [0.1, 0.15) is 51.7 Å². The van der Waals surface area contributed by atoms with Gasteiger partial charge in [0.2, 0.25) is 5.95 Å². The molecule has 0 atom stereocenters. The van der Waals surface area contributed by atoms with Crippen molar-refractivity contribution in [2.24, 2.45) is 0 Å². The number of rotatable bonds is 4. The quantitative estimate of drug-likeness (QED) is 0.178. The molecule has 8 aromatic carbocycles. The third-order valence-corrected chi connectivity index (χ3v) is 15.2. The van der Waals surface area contributed by atoms with E-state index in [1.54, 1.807) is 0 Å². The van der Waals surface area contributed by atoms with Crippen LogP contribution in [0.25, 0.3) is 109 Å². The topological polar surface area (TPSA) is 48.5 Å². The van der Waals surface area contributed by atoms with Crippen LogP contribution in [0.4, 0.5) is 0 Å². The van der Waals surface area contributed by atoms with E-state index >= 15 is 0 Å². The van der Waals surface area contributed by atoms with Gasteiger partial charge in [-0.2, -0.15) is 9.97 Å². The molecule has 6 heteroatoms. The van der Waals surface area contributed by atoms with Gasteiger partial charge in [0.05, 0.1) is 22.1 Å². The Hall–Kier alpha value is -7.15. The van der Waals surface area contributed by atoms with Gasteiger partial charge in [-0.3, -0.25) is 4.57 Å². The van der Waals surface area contributed by atoms with E-state index in [1.807, 2.05) is 17.4 Å². The van der Waals surface area contributed by atoms with Gasteiger partial charge >= 0.3 is 0 Å². The Labute approximate surface area is 368 Å². The van der Waals surface area contributed by atoms with E-state index in [4.69, 9.17) is 15.0 Å². The highest BCUT2D eigenvalue weighted by molar-refractivity contribution is 7.25. The smallest absolute Gasteiger partial charge is 0.238 e. The molecule has 0 amide bonds. The Bertz CT molecular complexity index is 3850. The largest absolute Gasteiger partial charge is 0.309 e. The molecule has 0 bridgehead atoms. The van der Waals surface area contributed by atoms with Crippen LogP contribution < -0.4 is 0 Å². The van der Waals surface area contributed by atoms with Crippen molar-refractivity contribution in [1.29, 1.82) is 0 Å². The van der Waals surface area contributed by atoms with Gasteiger partial charge < -0.3 is 4.57 Å². The first-order valence-corrected chi connectivity index (χ1v) is 22.8. The summed E-state index contributed by atoms with van der Waals surface area (Å²) in [4.78, 5) is 16.4. The maximum absolute atomic E-state index is 5.57. The van der Waals surface area contributed by atoms with Crippen LogP contribution in [0.2, 0.25) is 0 Å². The zero-order valence-corrected chi connectivity index (χ0v) is 36.5.